The van der Waals surface area contributed by atoms with Crippen LogP contribution in [0.15, 0.2) is 12.2 Å². The zero-order valence-corrected chi connectivity index (χ0v) is 13.3. The number of allylic oxidation sites excluding steroid dienone is 1. The summed E-state index contributed by atoms with van der Waals surface area (Å²) >= 11 is 0. The van der Waals surface area contributed by atoms with Gasteiger partial charge in [0.25, 0.3) is 0 Å². The van der Waals surface area contributed by atoms with E-state index in [0.717, 1.165) is 6.42 Å². The third-order valence-corrected chi connectivity index (χ3v) is 3.36. The molecule has 0 amide bonds. The van der Waals surface area contributed by atoms with Crippen LogP contribution < -0.4 is 0 Å². The van der Waals surface area contributed by atoms with Crippen LogP contribution in [0.5, 0.6) is 0 Å². The molecule has 0 aliphatic rings. The molecule has 2 unspecified atom stereocenters. The van der Waals surface area contributed by atoms with Crippen LogP contribution in [0.1, 0.15) is 45.4 Å². The van der Waals surface area contributed by atoms with Gasteiger partial charge in [-0.1, -0.05) is 44.8 Å². The monoisotopic (exact) mass is 303 g/mol. The highest BCUT2D eigenvalue weighted by Gasteiger charge is 2.13. The predicted molar refractivity (Wildman–Crippen MR) is 85.1 cm³/mol. The molecule has 0 aromatic carbocycles. The first-order valence-corrected chi connectivity index (χ1v) is 8.09. The molecular weight excluding hydrogens is 270 g/mol. The smallest absolute Gasteiger partial charge is 0.0897 e. The largest absolute Gasteiger partial charge is 0.394 e. The molecule has 4 N–H and O–H groups in total. The summed E-state index contributed by atoms with van der Waals surface area (Å²) in [6.45, 7) is 2.78. The number of nitrogens with zero attached hydrogens (tertiary/aromatic N) is 1. The van der Waals surface area contributed by atoms with Gasteiger partial charge in [-0.05, 0) is 12.8 Å². The van der Waals surface area contributed by atoms with Gasteiger partial charge in [-0.3, -0.25) is 4.90 Å². The standard InChI is InChI=1S/C16H33NO4/c1-2-3-4-5-6-7-8-9-10-17(11-15(20)13-18)12-16(21)14-19/h8-9,15-16,18-21H,2-7,10-14H2,1H3/b9-8+. The lowest BCUT2D eigenvalue weighted by molar-refractivity contribution is 0.0275. The molecular formula is C16H33NO4. The summed E-state index contributed by atoms with van der Waals surface area (Å²) in [4.78, 5) is 1.83. The maximum absolute atomic E-state index is 9.48. The summed E-state index contributed by atoms with van der Waals surface area (Å²) in [6, 6.07) is 0. The van der Waals surface area contributed by atoms with Crippen LogP contribution in [-0.2, 0) is 0 Å². The Balaban J connectivity index is 3.92. The SMILES string of the molecule is CCCCCCC/C=C/CN(CC(O)CO)CC(O)CO. The molecule has 21 heavy (non-hydrogen) atoms. The Morgan fingerprint density at radius 1 is 0.857 bits per heavy atom. The van der Waals surface area contributed by atoms with E-state index in [2.05, 4.69) is 13.0 Å². The van der Waals surface area contributed by atoms with Crippen molar-refractivity contribution in [2.75, 3.05) is 32.8 Å². The van der Waals surface area contributed by atoms with Gasteiger partial charge in [-0.15, -0.1) is 0 Å². The molecule has 0 saturated heterocycles. The van der Waals surface area contributed by atoms with Crippen molar-refractivity contribution in [3.05, 3.63) is 12.2 Å². The minimum absolute atomic E-state index is 0.286. The van der Waals surface area contributed by atoms with Gasteiger partial charge in [-0.2, -0.15) is 0 Å². The quantitative estimate of drug-likeness (QED) is 0.283. The highest BCUT2D eigenvalue weighted by atomic mass is 16.3. The van der Waals surface area contributed by atoms with E-state index >= 15 is 0 Å². The molecule has 0 rings (SSSR count). The summed E-state index contributed by atoms with van der Waals surface area (Å²) in [5, 5.41) is 36.7. The Hall–Kier alpha value is -0.460. The summed E-state index contributed by atoms with van der Waals surface area (Å²) in [5.41, 5.74) is 0. The van der Waals surface area contributed by atoms with Crippen LogP contribution in [0.25, 0.3) is 0 Å². The Kier molecular flexibility index (Phi) is 14.2. The number of hydrogen-bond acceptors (Lipinski definition) is 5. The van der Waals surface area contributed by atoms with Crippen molar-refractivity contribution in [2.45, 2.75) is 57.7 Å². The summed E-state index contributed by atoms with van der Waals surface area (Å²) in [7, 11) is 0. The van der Waals surface area contributed by atoms with Crippen LogP contribution in [0.4, 0.5) is 0 Å². The lowest BCUT2D eigenvalue weighted by Crippen LogP contribution is -2.40. The predicted octanol–water partition coefficient (Wildman–Crippen LogP) is 0.911. The van der Waals surface area contributed by atoms with E-state index in [-0.39, 0.29) is 26.3 Å². The van der Waals surface area contributed by atoms with Crippen molar-refractivity contribution in [2.24, 2.45) is 0 Å². The number of aliphatic hydroxyl groups is 4. The van der Waals surface area contributed by atoms with E-state index in [1.165, 1.54) is 32.1 Å². The van der Waals surface area contributed by atoms with Gasteiger partial charge in [0, 0.05) is 19.6 Å². The van der Waals surface area contributed by atoms with E-state index in [1.54, 1.807) is 0 Å². The first kappa shape index (κ1) is 20.5. The fourth-order valence-corrected chi connectivity index (χ4v) is 2.14. The van der Waals surface area contributed by atoms with Crippen LogP contribution in [-0.4, -0.2) is 70.4 Å². The first-order valence-electron chi connectivity index (χ1n) is 8.09. The number of hydrogen-bond donors (Lipinski definition) is 4. The summed E-state index contributed by atoms with van der Waals surface area (Å²) in [5.74, 6) is 0. The molecule has 0 aromatic heterocycles. The molecule has 126 valence electrons. The first-order chi connectivity index (χ1) is 10.1. The third kappa shape index (κ3) is 13.0. The average Bonchev–Trinajstić information content (AvgIpc) is 2.49. The molecule has 2 atom stereocenters. The summed E-state index contributed by atoms with van der Waals surface area (Å²) in [6.07, 6.45) is 9.84. The van der Waals surface area contributed by atoms with Gasteiger partial charge in [-0.25, -0.2) is 0 Å². The maximum Gasteiger partial charge on any atom is 0.0897 e. The molecule has 0 saturated carbocycles. The van der Waals surface area contributed by atoms with Crippen molar-refractivity contribution in [1.82, 2.24) is 4.90 Å². The Morgan fingerprint density at radius 2 is 1.43 bits per heavy atom. The summed E-state index contributed by atoms with van der Waals surface area (Å²) < 4.78 is 0. The molecule has 0 aromatic rings. The molecule has 0 heterocycles. The second-order valence-corrected chi connectivity index (χ2v) is 5.57. The highest BCUT2D eigenvalue weighted by Crippen LogP contribution is 2.05. The van der Waals surface area contributed by atoms with Crippen molar-refractivity contribution >= 4 is 0 Å². The molecule has 0 bridgehead atoms. The van der Waals surface area contributed by atoms with E-state index in [4.69, 9.17) is 10.2 Å². The van der Waals surface area contributed by atoms with Gasteiger partial charge in [0.05, 0.1) is 25.4 Å². The lowest BCUT2D eigenvalue weighted by atomic mass is 10.1. The van der Waals surface area contributed by atoms with Crippen molar-refractivity contribution in [1.29, 1.82) is 0 Å². The number of rotatable bonds is 14. The van der Waals surface area contributed by atoms with Crippen molar-refractivity contribution in [3.63, 3.8) is 0 Å². The van der Waals surface area contributed by atoms with Gasteiger partial charge >= 0.3 is 0 Å². The van der Waals surface area contributed by atoms with Crippen LogP contribution >= 0.6 is 0 Å². The van der Waals surface area contributed by atoms with E-state index in [1.807, 2.05) is 11.0 Å². The maximum atomic E-state index is 9.48. The average molecular weight is 303 g/mol. The van der Waals surface area contributed by atoms with E-state index in [0.29, 0.717) is 6.54 Å². The third-order valence-electron chi connectivity index (χ3n) is 3.36. The molecule has 0 fully saturated rings. The van der Waals surface area contributed by atoms with Crippen molar-refractivity contribution in [3.8, 4) is 0 Å². The molecule has 0 aliphatic carbocycles. The molecule has 0 radical (unpaired) electrons. The van der Waals surface area contributed by atoms with E-state index < -0.39 is 12.2 Å². The van der Waals surface area contributed by atoms with Gasteiger partial charge in [0.1, 0.15) is 0 Å². The second-order valence-electron chi connectivity index (χ2n) is 5.57. The molecule has 0 spiro atoms. The Bertz CT molecular complexity index is 236. The molecule has 5 heteroatoms. The topological polar surface area (TPSA) is 84.2 Å². The highest BCUT2D eigenvalue weighted by molar-refractivity contribution is 4.86. The minimum Gasteiger partial charge on any atom is -0.394 e. The number of aliphatic hydroxyl groups excluding tert-OH is 4. The Morgan fingerprint density at radius 3 is 1.95 bits per heavy atom. The zero-order chi connectivity index (χ0) is 15.9. The molecule has 0 aliphatic heterocycles. The molecule has 5 nitrogen and oxygen atoms in total. The van der Waals surface area contributed by atoms with Gasteiger partial charge in [0.15, 0.2) is 0 Å². The normalized spacial score (nSPS) is 15.0. The number of unbranched alkanes of at least 4 members (excludes halogenated alkanes) is 5. The fraction of sp³-hybridized carbons (Fsp3) is 0.875. The minimum atomic E-state index is -0.821. The van der Waals surface area contributed by atoms with E-state index in [9.17, 15) is 10.2 Å². The van der Waals surface area contributed by atoms with Crippen LogP contribution in [0.3, 0.4) is 0 Å². The second kappa shape index (κ2) is 14.5. The lowest BCUT2D eigenvalue weighted by Gasteiger charge is -2.24. The van der Waals surface area contributed by atoms with Crippen LogP contribution in [0.2, 0.25) is 0 Å². The Labute approximate surface area is 128 Å². The van der Waals surface area contributed by atoms with Gasteiger partial charge < -0.3 is 20.4 Å². The van der Waals surface area contributed by atoms with Crippen LogP contribution in [0, 0.1) is 0 Å². The zero-order valence-electron chi connectivity index (χ0n) is 13.3. The fourth-order valence-electron chi connectivity index (χ4n) is 2.14. The van der Waals surface area contributed by atoms with Crippen molar-refractivity contribution < 1.29 is 20.4 Å². The van der Waals surface area contributed by atoms with Gasteiger partial charge in [0.2, 0.25) is 0 Å².